The molecule has 2 fully saturated rings. The lowest BCUT2D eigenvalue weighted by Gasteiger charge is -2.41. The number of carbonyl (C=O) groups excluding carboxylic acids is 1. The van der Waals surface area contributed by atoms with Crippen molar-refractivity contribution in [1.82, 2.24) is 25.0 Å². The van der Waals surface area contributed by atoms with Crippen molar-refractivity contribution in [2.45, 2.75) is 30.5 Å². The Morgan fingerprint density at radius 1 is 1.52 bits per heavy atom. The maximum absolute atomic E-state index is 12.3. The third-order valence-electron chi connectivity index (χ3n) is 4.24. The first kappa shape index (κ1) is 16.6. The number of hydrogen-bond donors (Lipinski definition) is 1. The third-order valence-corrected chi connectivity index (χ3v) is 5.26. The first-order chi connectivity index (χ1) is 9.74. The fourth-order valence-electron chi connectivity index (χ4n) is 3.09. The minimum atomic E-state index is 0. The molecule has 0 unspecified atom stereocenters. The Labute approximate surface area is 135 Å². The lowest BCUT2D eigenvalue weighted by atomic mass is 9.85. The van der Waals surface area contributed by atoms with Crippen LogP contribution in [0.3, 0.4) is 0 Å². The van der Waals surface area contributed by atoms with Gasteiger partial charge in [0.1, 0.15) is 6.33 Å². The number of nitrogens with zero attached hydrogens (tertiary/aromatic N) is 4. The standard InChI is InChI=1S/C13H21N5OS.ClH/c1-17-9-15-16-13(17)20-8-12(19)18-6-4-11-10(7-18)3-2-5-14-11;/h9-11,14H,2-8H2,1H3;1H/t10-,11+;/m1./s1. The summed E-state index contributed by atoms with van der Waals surface area (Å²) in [5.41, 5.74) is 0. The first-order valence-corrected chi connectivity index (χ1v) is 8.20. The SMILES string of the molecule is Cl.Cn1cnnc1SCC(=O)N1CC[C@@H]2NCCC[C@@H]2C1. The number of halogens is 1. The maximum atomic E-state index is 12.3. The van der Waals surface area contributed by atoms with E-state index in [2.05, 4.69) is 15.5 Å². The van der Waals surface area contributed by atoms with E-state index in [1.54, 1.807) is 6.33 Å². The average molecular weight is 332 g/mol. The van der Waals surface area contributed by atoms with Crippen molar-refractivity contribution >= 4 is 30.1 Å². The number of piperidine rings is 2. The highest BCUT2D eigenvalue weighted by Gasteiger charge is 2.32. The summed E-state index contributed by atoms with van der Waals surface area (Å²) >= 11 is 1.47. The molecule has 1 aromatic rings. The van der Waals surface area contributed by atoms with Crippen molar-refractivity contribution in [2.24, 2.45) is 13.0 Å². The minimum absolute atomic E-state index is 0. The Balaban J connectivity index is 0.00000161. The van der Waals surface area contributed by atoms with Gasteiger partial charge < -0.3 is 14.8 Å². The van der Waals surface area contributed by atoms with Gasteiger partial charge in [-0.2, -0.15) is 0 Å². The van der Waals surface area contributed by atoms with Gasteiger partial charge in [0.05, 0.1) is 5.75 Å². The molecule has 2 saturated heterocycles. The molecule has 8 heteroatoms. The topological polar surface area (TPSA) is 63.1 Å². The van der Waals surface area contributed by atoms with Gasteiger partial charge in [-0.3, -0.25) is 4.79 Å². The van der Waals surface area contributed by atoms with Gasteiger partial charge in [-0.15, -0.1) is 22.6 Å². The summed E-state index contributed by atoms with van der Waals surface area (Å²) in [7, 11) is 1.89. The van der Waals surface area contributed by atoms with Crippen LogP contribution in [-0.4, -0.2) is 57.0 Å². The van der Waals surface area contributed by atoms with Crippen LogP contribution in [0.2, 0.25) is 0 Å². The number of hydrogen-bond acceptors (Lipinski definition) is 5. The molecule has 3 heterocycles. The molecule has 6 nitrogen and oxygen atoms in total. The van der Waals surface area contributed by atoms with Crippen molar-refractivity contribution in [3.63, 3.8) is 0 Å². The molecule has 2 aliphatic heterocycles. The number of rotatable bonds is 3. The van der Waals surface area contributed by atoms with Crippen LogP contribution in [-0.2, 0) is 11.8 Å². The molecule has 0 aliphatic carbocycles. The Hall–Kier alpha value is -0.790. The largest absolute Gasteiger partial charge is 0.342 e. The number of carbonyl (C=O) groups is 1. The van der Waals surface area contributed by atoms with Crippen molar-refractivity contribution in [3.05, 3.63) is 6.33 Å². The second-order valence-corrected chi connectivity index (χ2v) is 6.55. The van der Waals surface area contributed by atoms with Crippen LogP contribution in [0.25, 0.3) is 0 Å². The zero-order chi connectivity index (χ0) is 13.9. The highest BCUT2D eigenvalue weighted by Crippen LogP contribution is 2.25. The fraction of sp³-hybridized carbons (Fsp3) is 0.769. The number of aromatic nitrogens is 3. The molecule has 1 N–H and O–H groups in total. The van der Waals surface area contributed by atoms with Gasteiger partial charge in [0.15, 0.2) is 5.16 Å². The Kier molecular flexibility index (Phi) is 5.89. The minimum Gasteiger partial charge on any atom is -0.342 e. The summed E-state index contributed by atoms with van der Waals surface area (Å²) in [4.78, 5) is 14.3. The van der Waals surface area contributed by atoms with Crippen LogP contribution in [0, 0.1) is 5.92 Å². The quantitative estimate of drug-likeness (QED) is 0.835. The predicted molar refractivity (Wildman–Crippen MR) is 84.7 cm³/mol. The molecule has 118 valence electrons. The molecule has 2 atom stereocenters. The van der Waals surface area contributed by atoms with E-state index in [1.807, 2.05) is 16.5 Å². The Morgan fingerprint density at radius 2 is 2.38 bits per heavy atom. The summed E-state index contributed by atoms with van der Waals surface area (Å²) < 4.78 is 1.84. The molecule has 0 bridgehead atoms. The predicted octanol–water partition coefficient (Wildman–Crippen LogP) is 0.929. The average Bonchev–Trinajstić information content (AvgIpc) is 2.89. The second-order valence-electron chi connectivity index (χ2n) is 5.60. The smallest absolute Gasteiger partial charge is 0.233 e. The summed E-state index contributed by atoms with van der Waals surface area (Å²) in [6.45, 7) is 2.93. The number of thioether (sulfide) groups is 1. The monoisotopic (exact) mass is 331 g/mol. The summed E-state index contributed by atoms with van der Waals surface area (Å²) in [5, 5.41) is 12.2. The van der Waals surface area contributed by atoms with Crippen LogP contribution < -0.4 is 5.32 Å². The highest BCUT2D eigenvalue weighted by molar-refractivity contribution is 7.99. The third kappa shape index (κ3) is 3.90. The lowest BCUT2D eigenvalue weighted by Crippen LogP contribution is -2.53. The molecule has 0 radical (unpaired) electrons. The van der Waals surface area contributed by atoms with Crippen molar-refractivity contribution < 1.29 is 4.79 Å². The van der Waals surface area contributed by atoms with E-state index in [4.69, 9.17) is 0 Å². The van der Waals surface area contributed by atoms with Gasteiger partial charge in [0, 0.05) is 26.2 Å². The summed E-state index contributed by atoms with van der Waals surface area (Å²) in [6, 6.07) is 0.624. The second kappa shape index (κ2) is 7.47. The summed E-state index contributed by atoms with van der Waals surface area (Å²) in [6.07, 6.45) is 5.23. The molecule has 0 aromatic carbocycles. The van der Waals surface area contributed by atoms with Gasteiger partial charge in [-0.05, 0) is 31.7 Å². The maximum Gasteiger partial charge on any atom is 0.233 e. The van der Waals surface area contributed by atoms with Crippen molar-refractivity contribution in [3.8, 4) is 0 Å². The van der Waals surface area contributed by atoms with E-state index in [0.717, 1.165) is 31.2 Å². The molecule has 3 rings (SSSR count). The van der Waals surface area contributed by atoms with Gasteiger partial charge in [0.2, 0.25) is 5.91 Å². The van der Waals surface area contributed by atoms with Gasteiger partial charge in [-0.1, -0.05) is 11.8 Å². The van der Waals surface area contributed by atoms with E-state index in [9.17, 15) is 4.79 Å². The molecule has 1 amide bonds. The molecule has 0 saturated carbocycles. The lowest BCUT2D eigenvalue weighted by molar-refractivity contribution is -0.130. The van der Waals surface area contributed by atoms with Gasteiger partial charge in [0.25, 0.3) is 0 Å². The van der Waals surface area contributed by atoms with Crippen molar-refractivity contribution in [1.29, 1.82) is 0 Å². The number of nitrogens with one attached hydrogen (secondary N) is 1. The number of fused-ring (bicyclic) bond motifs is 1. The number of aryl methyl sites for hydroxylation is 1. The molecule has 0 spiro atoms. The Morgan fingerprint density at radius 3 is 3.14 bits per heavy atom. The fourth-order valence-corrected chi connectivity index (χ4v) is 3.88. The molecule has 2 aliphatic rings. The molecule has 1 aromatic heterocycles. The zero-order valence-corrected chi connectivity index (χ0v) is 13.8. The van der Waals surface area contributed by atoms with Crippen LogP contribution in [0.4, 0.5) is 0 Å². The first-order valence-electron chi connectivity index (χ1n) is 7.22. The van der Waals surface area contributed by atoms with E-state index >= 15 is 0 Å². The number of likely N-dealkylation sites (tertiary alicyclic amines) is 1. The summed E-state index contributed by atoms with van der Waals surface area (Å²) in [5.74, 6) is 1.32. The van der Waals surface area contributed by atoms with Crippen LogP contribution in [0.15, 0.2) is 11.5 Å². The van der Waals surface area contributed by atoms with Gasteiger partial charge >= 0.3 is 0 Å². The van der Waals surface area contributed by atoms with E-state index in [0.29, 0.717) is 17.7 Å². The van der Waals surface area contributed by atoms with E-state index in [-0.39, 0.29) is 18.3 Å². The highest BCUT2D eigenvalue weighted by atomic mass is 35.5. The number of amides is 1. The molecule has 21 heavy (non-hydrogen) atoms. The molecular formula is C13H22ClN5OS. The van der Waals surface area contributed by atoms with Gasteiger partial charge in [-0.25, -0.2) is 0 Å². The van der Waals surface area contributed by atoms with E-state index < -0.39 is 0 Å². The zero-order valence-electron chi connectivity index (χ0n) is 12.2. The van der Waals surface area contributed by atoms with Crippen LogP contribution in [0.5, 0.6) is 0 Å². The van der Waals surface area contributed by atoms with Crippen LogP contribution in [0.1, 0.15) is 19.3 Å². The van der Waals surface area contributed by atoms with E-state index in [1.165, 1.54) is 24.6 Å². The normalized spacial score (nSPS) is 25.1. The van der Waals surface area contributed by atoms with Crippen LogP contribution >= 0.6 is 24.2 Å². The molecular weight excluding hydrogens is 310 g/mol. The Bertz CT molecular complexity index is 483. The van der Waals surface area contributed by atoms with Crippen molar-refractivity contribution in [2.75, 3.05) is 25.4 Å².